The van der Waals surface area contributed by atoms with Crippen LogP contribution < -0.4 is 15.4 Å². The second-order valence-electron chi connectivity index (χ2n) is 6.10. The van der Waals surface area contributed by atoms with Gasteiger partial charge in [-0.2, -0.15) is 8.78 Å². The number of para-hydroxylation sites is 1. The summed E-state index contributed by atoms with van der Waals surface area (Å²) in [4.78, 5) is 16.0. The number of nitrogens with one attached hydrogen (secondary N) is 2. The van der Waals surface area contributed by atoms with Crippen LogP contribution in [0.3, 0.4) is 0 Å². The molecule has 148 valence electrons. The van der Waals surface area contributed by atoms with Gasteiger partial charge in [-0.25, -0.2) is 4.79 Å². The largest absolute Gasteiger partial charge is 0.435 e. The molecular formula is C19H20F2N4O2S. The summed E-state index contributed by atoms with van der Waals surface area (Å²) in [5, 5.41) is 6.46. The van der Waals surface area contributed by atoms with Gasteiger partial charge in [0.05, 0.1) is 0 Å². The lowest BCUT2D eigenvalue weighted by atomic mass is 10.3. The van der Waals surface area contributed by atoms with Crippen molar-refractivity contribution in [3.63, 3.8) is 0 Å². The number of piperazine rings is 1. The molecule has 9 heteroatoms. The van der Waals surface area contributed by atoms with Crippen molar-refractivity contribution in [3.05, 3.63) is 54.6 Å². The van der Waals surface area contributed by atoms with Crippen molar-refractivity contribution in [2.45, 2.75) is 6.61 Å². The van der Waals surface area contributed by atoms with Gasteiger partial charge in [0.2, 0.25) is 0 Å². The van der Waals surface area contributed by atoms with Gasteiger partial charge in [-0.3, -0.25) is 0 Å². The number of alkyl halides is 2. The summed E-state index contributed by atoms with van der Waals surface area (Å²) >= 11 is 5.41. The minimum absolute atomic E-state index is 0.0875. The topological polar surface area (TPSA) is 56.8 Å². The van der Waals surface area contributed by atoms with Crippen molar-refractivity contribution < 1.29 is 18.3 Å². The standard InChI is InChI=1S/C19H20F2N4O2S/c20-17(21)27-16-8-6-15(7-9-16)23-19(28)25-12-10-24(11-13-25)18(26)22-14-4-2-1-3-5-14/h1-9,17H,10-13H2,(H,22,26)(H,23,28). The van der Waals surface area contributed by atoms with E-state index in [0.29, 0.717) is 37.0 Å². The van der Waals surface area contributed by atoms with E-state index in [-0.39, 0.29) is 11.8 Å². The molecule has 0 saturated carbocycles. The van der Waals surface area contributed by atoms with Gasteiger partial charge in [0, 0.05) is 37.6 Å². The Morgan fingerprint density at radius 3 is 2.07 bits per heavy atom. The van der Waals surface area contributed by atoms with E-state index in [0.717, 1.165) is 5.69 Å². The molecule has 0 spiro atoms. The lowest BCUT2D eigenvalue weighted by Crippen LogP contribution is -2.52. The number of hydrogen-bond acceptors (Lipinski definition) is 3. The Balaban J connectivity index is 1.46. The zero-order valence-corrected chi connectivity index (χ0v) is 15.8. The van der Waals surface area contributed by atoms with Crippen molar-refractivity contribution in [3.8, 4) is 5.75 Å². The van der Waals surface area contributed by atoms with Crippen LogP contribution in [-0.2, 0) is 0 Å². The number of rotatable bonds is 4. The molecule has 0 radical (unpaired) electrons. The summed E-state index contributed by atoms with van der Waals surface area (Å²) in [6.07, 6.45) is 0. The van der Waals surface area contributed by atoms with Crippen molar-refractivity contribution >= 4 is 34.7 Å². The van der Waals surface area contributed by atoms with Crippen LogP contribution in [0.4, 0.5) is 25.0 Å². The predicted octanol–water partition coefficient (Wildman–Crippen LogP) is 3.83. The van der Waals surface area contributed by atoms with Crippen molar-refractivity contribution in [1.82, 2.24) is 9.80 Å². The third-order valence-corrected chi connectivity index (χ3v) is 4.57. The van der Waals surface area contributed by atoms with Crippen LogP contribution in [0.1, 0.15) is 0 Å². The Kier molecular flexibility index (Phi) is 6.59. The maximum absolute atomic E-state index is 12.3. The lowest BCUT2D eigenvalue weighted by Gasteiger charge is -2.36. The highest BCUT2D eigenvalue weighted by molar-refractivity contribution is 7.80. The van der Waals surface area contributed by atoms with E-state index in [4.69, 9.17) is 12.2 Å². The molecule has 2 amide bonds. The van der Waals surface area contributed by atoms with E-state index < -0.39 is 6.61 Å². The van der Waals surface area contributed by atoms with E-state index in [1.807, 2.05) is 35.2 Å². The fraction of sp³-hybridized carbons (Fsp3) is 0.263. The number of urea groups is 1. The van der Waals surface area contributed by atoms with Crippen LogP contribution in [0.25, 0.3) is 0 Å². The fourth-order valence-corrected chi connectivity index (χ4v) is 3.06. The number of carbonyl (C=O) groups excluding carboxylic acids is 1. The highest BCUT2D eigenvalue weighted by atomic mass is 32.1. The van der Waals surface area contributed by atoms with Crippen LogP contribution in [0, 0.1) is 0 Å². The highest BCUT2D eigenvalue weighted by Crippen LogP contribution is 2.18. The van der Waals surface area contributed by atoms with Crippen LogP contribution in [0.15, 0.2) is 54.6 Å². The van der Waals surface area contributed by atoms with Crippen molar-refractivity contribution in [1.29, 1.82) is 0 Å². The van der Waals surface area contributed by atoms with Gasteiger partial charge >= 0.3 is 12.6 Å². The number of amides is 2. The molecule has 1 fully saturated rings. The molecule has 1 heterocycles. The number of thiocarbonyl (C=S) groups is 1. The van der Waals surface area contributed by atoms with Gasteiger partial charge in [-0.15, -0.1) is 0 Å². The smallest absolute Gasteiger partial charge is 0.387 e. The molecule has 1 aliphatic heterocycles. The summed E-state index contributed by atoms with van der Waals surface area (Å²) in [7, 11) is 0. The molecule has 2 aromatic carbocycles. The molecule has 0 bridgehead atoms. The van der Waals surface area contributed by atoms with E-state index in [2.05, 4.69) is 15.4 Å². The fourth-order valence-electron chi connectivity index (χ4n) is 2.76. The van der Waals surface area contributed by atoms with Gasteiger partial charge in [0.15, 0.2) is 5.11 Å². The predicted molar refractivity (Wildman–Crippen MR) is 108 cm³/mol. The number of benzene rings is 2. The molecule has 2 N–H and O–H groups in total. The molecule has 0 aromatic heterocycles. The Hall–Kier alpha value is -2.94. The Morgan fingerprint density at radius 1 is 0.893 bits per heavy atom. The molecule has 6 nitrogen and oxygen atoms in total. The SMILES string of the molecule is O=C(Nc1ccccc1)N1CCN(C(=S)Nc2ccc(OC(F)F)cc2)CC1. The molecule has 3 rings (SSSR count). The maximum Gasteiger partial charge on any atom is 0.387 e. The molecule has 1 aliphatic rings. The molecule has 1 saturated heterocycles. The molecule has 28 heavy (non-hydrogen) atoms. The third kappa shape index (κ3) is 5.53. The van der Waals surface area contributed by atoms with E-state index in [1.54, 1.807) is 17.0 Å². The second kappa shape index (κ2) is 9.32. The first-order valence-electron chi connectivity index (χ1n) is 8.73. The zero-order valence-electron chi connectivity index (χ0n) is 15.0. The van der Waals surface area contributed by atoms with Crippen molar-refractivity contribution in [2.75, 3.05) is 36.8 Å². The third-order valence-electron chi connectivity index (χ3n) is 4.21. The van der Waals surface area contributed by atoms with E-state index in [1.165, 1.54) is 12.1 Å². The summed E-state index contributed by atoms with van der Waals surface area (Å²) in [5.41, 5.74) is 1.43. The summed E-state index contributed by atoms with van der Waals surface area (Å²) in [5.74, 6) is 0.0875. The Morgan fingerprint density at radius 2 is 1.46 bits per heavy atom. The van der Waals surface area contributed by atoms with Gasteiger partial charge in [0.1, 0.15) is 5.75 Å². The summed E-state index contributed by atoms with van der Waals surface area (Å²) in [6, 6.07) is 15.3. The molecule has 2 aromatic rings. The second-order valence-corrected chi connectivity index (χ2v) is 6.49. The lowest BCUT2D eigenvalue weighted by molar-refractivity contribution is -0.0498. The van der Waals surface area contributed by atoms with Crippen LogP contribution in [0.5, 0.6) is 5.75 Å². The van der Waals surface area contributed by atoms with Gasteiger partial charge < -0.3 is 25.2 Å². The quantitative estimate of drug-likeness (QED) is 0.756. The number of ether oxygens (including phenoxy) is 1. The molecular weight excluding hydrogens is 386 g/mol. The molecule has 0 unspecified atom stereocenters. The van der Waals surface area contributed by atoms with Gasteiger partial charge in [-0.05, 0) is 48.6 Å². The maximum atomic E-state index is 12.3. The Bertz CT molecular complexity index is 797. The highest BCUT2D eigenvalue weighted by Gasteiger charge is 2.22. The van der Waals surface area contributed by atoms with Gasteiger partial charge in [0.25, 0.3) is 0 Å². The minimum Gasteiger partial charge on any atom is -0.435 e. The normalized spacial score (nSPS) is 14.0. The van der Waals surface area contributed by atoms with E-state index >= 15 is 0 Å². The number of nitrogens with zero attached hydrogens (tertiary/aromatic N) is 2. The van der Waals surface area contributed by atoms with Crippen LogP contribution >= 0.6 is 12.2 Å². The minimum atomic E-state index is -2.85. The van der Waals surface area contributed by atoms with Crippen LogP contribution in [0.2, 0.25) is 0 Å². The van der Waals surface area contributed by atoms with Crippen molar-refractivity contribution in [2.24, 2.45) is 0 Å². The Labute approximate surface area is 167 Å². The monoisotopic (exact) mass is 406 g/mol. The summed E-state index contributed by atoms with van der Waals surface area (Å²) < 4.78 is 28.7. The number of halogens is 2. The number of anilines is 2. The first-order chi connectivity index (χ1) is 13.5. The first-order valence-corrected chi connectivity index (χ1v) is 9.14. The van der Waals surface area contributed by atoms with E-state index in [9.17, 15) is 13.6 Å². The number of hydrogen-bond donors (Lipinski definition) is 2. The summed E-state index contributed by atoms with van der Waals surface area (Å²) in [6.45, 7) is -0.569. The average Bonchev–Trinajstić information content (AvgIpc) is 2.70. The average molecular weight is 406 g/mol. The van der Waals surface area contributed by atoms with Gasteiger partial charge in [-0.1, -0.05) is 18.2 Å². The zero-order chi connectivity index (χ0) is 19.9. The molecule has 0 aliphatic carbocycles. The first kappa shape index (κ1) is 19.8. The van der Waals surface area contributed by atoms with Crippen LogP contribution in [-0.4, -0.2) is 53.7 Å². The number of carbonyl (C=O) groups is 1. The molecule has 0 atom stereocenters.